The van der Waals surface area contributed by atoms with E-state index in [-0.39, 0.29) is 11.8 Å². The Morgan fingerprint density at radius 2 is 1.41 bits per heavy atom. The zero-order valence-electron chi connectivity index (χ0n) is 16.0. The Balaban J connectivity index is 2.13. The quantitative estimate of drug-likeness (QED) is 0.702. The highest BCUT2D eigenvalue weighted by molar-refractivity contribution is 6.05. The highest BCUT2D eigenvalue weighted by Crippen LogP contribution is 2.29. The zero-order valence-corrected chi connectivity index (χ0v) is 16.0. The average molecular weight is 370 g/mol. The second kappa shape index (κ2) is 10.2. The van der Waals surface area contributed by atoms with E-state index >= 15 is 0 Å². The van der Waals surface area contributed by atoms with Crippen LogP contribution in [0.5, 0.6) is 11.5 Å². The van der Waals surface area contributed by atoms with Gasteiger partial charge in [0, 0.05) is 23.9 Å². The minimum absolute atomic E-state index is 0.173. The number of hydrogen-bond acceptors (Lipinski definition) is 4. The van der Waals surface area contributed by atoms with E-state index in [2.05, 4.69) is 10.6 Å². The molecule has 2 aromatic rings. The minimum Gasteiger partial charge on any atom is -0.490 e. The number of carbonyl (C=O) groups is 2. The van der Waals surface area contributed by atoms with Gasteiger partial charge in [-0.25, -0.2) is 0 Å². The van der Waals surface area contributed by atoms with Crippen LogP contribution in [-0.4, -0.2) is 32.1 Å². The summed E-state index contributed by atoms with van der Waals surface area (Å²) in [4.78, 5) is 24.1. The first kappa shape index (κ1) is 20.3. The number of benzene rings is 2. The smallest absolute Gasteiger partial charge is 0.255 e. The van der Waals surface area contributed by atoms with Crippen LogP contribution in [0.15, 0.2) is 42.5 Å². The number of carbonyl (C=O) groups excluding carboxylic acids is 2. The van der Waals surface area contributed by atoms with Gasteiger partial charge in [-0.3, -0.25) is 9.59 Å². The summed E-state index contributed by atoms with van der Waals surface area (Å²) in [6, 6.07) is 11.8. The lowest BCUT2D eigenvalue weighted by atomic mass is 10.1. The maximum atomic E-state index is 12.6. The fourth-order valence-corrected chi connectivity index (χ4v) is 2.36. The van der Waals surface area contributed by atoms with E-state index in [0.717, 1.165) is 12.8 Å². The average Bonchev–Trinajstić information content (AvgIpc) is 2.70. The molecule has 144 valence electrons. The van der Waals surface area contributed by atoms with Crippen LogP contribution in [0.3, 0.4) is 0 Å². The monoisotopic (exact) mass is 370 g/mol. The van der Waals surface area contributed by atoms with Crippen molar-refractivity contribution < 1.29 is 19.1 Å². The number of rotatable bonds is 9. The first-order chi connectivity index (χ1) is 13.1. The highest BCUT2D eigenvalue weighted by Gasteiger charge is 2.12. The van der Waals surface area contributed by atoms with Crippen LogP contribution in [0.1, 0.15) is 47.4 Å². The molecule has 0 heterocycles. The molecule has 0 atom stereocenters. The van der Waals surface area contributed by atoms with Gasteiger partial charge in [-0.2, -0.15) is 0 Å². The Kier molecular flexibility index (Phi) is 7.67. The second-order valence-electron chi connectivity index (χ2n) is 5.97. The molecule has 0 aliphatic heterocycles. The molecule has 6 heteroatoms. The summed E-state index contributed by atoms with van der Waals surface area (Å²) in [6.45, 7) is 5.19. The third kappa shape index (κ3) is 5.74. The van der Waals surface area contributed by atoms with Crippen molar-refractivity contribution in [2.75, 3.05) is 25.6 Å². The minimum atomic E-state index is -0.258. The van der Waals surface area contributed by atoms with E-state index in [4.69, 9.17) is 9.47 Å². The molecule has 2 N–H and O–H groups in total. The zero-order chi connectivity index (χ0) is 19.6. The van der Waals surface area contributed by atoms with E-state index in [1.165, 1.54) is 0 Å². The molecule has 2 rings (SSSR count). The molecule has 0 radical (unpaired) electrons. The Bertz CT molecular complexity index is 772. The lowest BCUT2D eigenvalue weighted by molar-refractivity contribution is 0.0962. The summed E-state index contributed by atoms with van der Waals surface area (Å²) in [6.07, 6.45) is 1.75. The normalized spacial score (nSPS) is 10.2. The molecular formula is C21H26N2O4. The third-order valence-corrected chi connectivity index (χ3v) is 3.76. The SMILES string of the molecule is CCCOc1ccc(C(=O)Nc2ccc(C(=O)NC)cc2)cc1OCCC. The molecule has 2 amide bonds. The topological polar surface area (TPSA) is 76.7 Å². The Morgan fingerprint density at radius 3 is 2.00 bits per heavy atom. The van der Waals surface area contributed by atoms with Gasteiger partial charge >= 0.3 is 0 Å². The predicted molar refractivity (Wildman–Crippen MR) is 106 cm³/mol. The molecule has 0 spiro atoms. The lowest BCUT2D eigenvalue weighted by Gasteiger charge is -2.13. The van der Waals surface area contributed by atoms with Crippen LogP contribution in [0.2, 0.25) is 0 Å². The van der Waals surface area contributed by atoms with Crippen LogP contribution in [-0.2, 0) is 0 Å². The van der Waals surface area contributed by atoms with Crippen molar-refractivity contribution >= 4 is 17.5 Å². The van der Waals surface area contributed by atoms with E-state index < -0.39 is 0 Å². The number of amides is 2. The van der Waals surface area contributed by atoms with Gasteiger partial charge in [0.2, 0.25) is 0 Å². The first-order valence-electron chi connectivity index (χ1n) is 9.12. The van der Waals surface area contributed by atoms with Gasteiger partial charge < -0.3 is 20.1 Å². The first-order valence-corrected chi connectivity index (χ1v) is 9.12. The summed E-state index contributed by atoms with van der Waals surface area (Å²) in [7, 11) is 1.57. The van der Waals surface area contributed by atoms with E-state index in [9.17, 15) is 9.59 Å². The van der Waals surface area contributed by atoms with Crippen LogP contribution in [0, 0.1) is 0 Å². The van der Waals surface area contributed by atoms with Crippen LogP contribution in [0.25, 0.3) is 0 Å². The molecule has 0 aliphatic rings. The maximum absolute atomic E-state index is 12.6. The Labute approximate surface area is 159 Å². The van der Waals surface area contributed by atoms with Crippen LogP contribution < -0.4 is 20.1 Å². The number of nitrogens with one attached hydrogen (secondary N) is 2. The fourth-order valence-electron chi connectivity index (χ4n) is 2.36. The van der Waals surface area contributed by atoms with Crippen molar-refractivity contribution in [3.05, 3.63) is 53.6 Å². The van der Waals surface area contributed by atoms with Crippen LogP contribution in [0.4, 0.5) is 5.69 Å². The molecule has 0 fully saturated rings. The van der Waals surface area contributed by atoms with Gasteiger partial charge in [0.25, 0.3) is 11.8 Å². The lowest BCUT2D eigenvalue weighted by Crippen LogP contribution is -2.18. The van der Waals surface area contributed by atoms with Gasteiger partial charge in [0.05, 0.1) is 13.2 Å². The van der Waals surface area contributed by atoms with E-state index in [0.29, 0.717) is 41.5 Å². The van der Waals surface area contributed by atoms with Crippen molar-refractivity contribution in [2.24, 2.45) is 0 Å². The Morgan fingerprint density at radius 1 is 0.815 bits per heavy atom. The maximum Gasteiger partial charge on any atom is 0.255 e. The van der Waals surface area contributed by atoms with Crippen LogP contribution >= 0.6 is 0 Å². The van der Waals surface area contributed by atoms with Gasteiger partial charge in [-0.1, -0.05) is 13.8 Å². The van der Waals surface area contributed by atoms with E-state index in [1.54, 1.807) is 49.5 Å². The van der Waals surface area contributed by atoms with Gasteiger partial charge in [0.1, 0.15) is 0 Å². The largest absolute Gasteiger partial charge is 0.490 e. The molecule has 27 heavy (non-hydrogen) atoms. The number of ether oxygens (including phenoxy) is 2. The van der Waals surface area contributed by atoms with Crippen molar-refractivity contribution in [1.82, 2.24) is 5.32 Å². The number of anilines is 1. The van der Waals surface area contributed by atoms with Gasteiger partial charge in [-0.15, -0.1) is 0 Å². The highest BCUT2D eigenvalue weighted by atomic mass is 16.5. The summed E-state index contributed by atoms with van der Waals surface area (Å²) in [5, 5.41) is 5.38. The molecule has 0 saturated carbocycles. The van der Waals surface area contributed by atoms with Crippen molar-refractivity contribution in [3.63, 3.8) is 0 Å². The fraction of sp³-hybridized carbons (Fsp3) is 0.333. The molecule has 0 unspecified atom stereocenters. The second-order valence-corrected chi connectivity index (χ2v) is 5.97. The summed E-state index contributed by atoms with van der Waals surface area (Å²) in [5.74, 6) is 0.768. The van der Waals surface area contributed by atoms with Gasteiger partial charge in [-0.05, 0) is 55.3 Å². The van der Waals surface area contributed by atoms with Gasteiger partial charge in [0.15, 0.2) is 11.5 Å². The summed E-state index contributed by atoms with van der Waals surface area (Å²) in [5.41, 5.74) is 1.61. The molecular weight excluding hydrogens is 344 g/mol. The van der Waals surface area contributed by atoms with E-state index in [1.807, 2.05) is 13.8 Å². The predicted octanol–water partition coefficient (Wildman–Crippen LogP) is 3.88. The van der Waals surface area contributed by atoms with Crippen molar-refractivity contribution in [2.45, 2.75) is 26.7 Å². The molecule has 0 bridgehead atoms. The molecule has 0 aliphatic carbocycles. The standard InChI is InChI=1S/C21H26N2O4/c1-4-12-26-18-11-8-16(14-19(18)27-13-5-2)21(25)23-17-9-6-15(7-10-17)20(24)22-3/h6-11,14H,4-5,12-13H2,1-3H3,(H,22,24)(H,23,25). The molecule has 0 aromatic heterocycles. The van der Waals surface area contributed by atoms with Crippen molar-refractivity contribution in [3.8, 4) is 11.5 Å². The summed E-state index contributed by atoms with van der Waals surface area (Å²) >= 11 is 0. The molecule has 6 nitrogen and oxygen atoms in total. The summed E-state index contributed by atoms with van der Waals surface area (Å²) < 4.78 is 11.4. The molecule has 0 saturated heterocycles. The van der Waals surface area contributed by atoms with Crippen molar-refractivity contribution in [1.29, 1.82) is 0 Å². The molecule has 2 aromatic carbocycles. The third-order valence-electron chi connectivity index (χ3n) is 3.76. The Hall–Kier alpha value is -3.02. The number of hydrogen-bond donors (Lipinski definition) is 2.